The first-order valence-electron chi connectivity index (χ1n) is 5.92. The molecular formula is C12H21NO3. The van der Waals surface area contributed by atoms with Gasteiger partial charge in [0, 0.05) is 26.1 Å². The van der Waals surface area contributed by atoms with Crippen molar-refractivity contribution in [1.82, 2.24) is 4.90 Å². The Morgan fingerprint density at radius 2 is 2.06 bits per heavy atom. The van der Waals surface area contributed by atoms with Gasteiger partial charge in [-0.15, -0.1) is 0 Å². The van der Waals surface area contributed by atoms with Gasteiger partial charge in [0.15, 0.2) is 0 Å². The molecular weight excluding hydrogens is 206 g/mol. The molecule has 0 aromatic rings. The van der Waals surface area contributed by atoms with Gasteiger partial charge in [-0.3, -0.25) is 9.69 Å². The van der Waals surface area contributed by atoms with E-state index in [1.165, 1.54) is 0 Å². The number of carboxylic acids is 1. The van der Waals surface area contributed by atoms with Gasteiger partial charge in [0.05, 0.1) is 6.61 Å². The molecule has 4 heteroatoms. The van der Waals surface area contributed by atoms with E-state index in [1.807, 2.05) is 0 Å². The molecule has 16 heavy (non-hydrogen) atoms. The molecule has 0 aromatic carbocycles. The van der Waals surface area contributed by atoms with Crippen molar-refractivity contribution in [1.29, 1.82) is 0 Å². The number of carboxylic acid groups (broad SMARTS) is 1. The summed E-state index contributed by atoms with van der Waals surface area (Å²) in [7, 11) is 0. The van der Waals surface area contributed by atoms with Crippen molar-refractivity contribution >= 4 is 5.97 Å². The summed E-state index contributed by atoms with van der Waals surface area (Å²) in [5.74, 6) is -0.123. The van der Waals surface area contributed by atoms with Crippen LogP contribution in [-0.4, -0.2) is 47.8 Å². The standard InChI is InChI=1S/C12H21NO3/c1-11(2,3)9-6-13(7-9)12(10(14)15)4-5-16-8-12/h9H,4-8H2,1-3H3,(H,14,15). The number of nitrogens with zero attached hydrogens (tertiary/aromatic N) is 1. The Kier molecular flexibility index (Phi) is 2.75. The second-order valence-corrected chi connectivity index (χ2v) is 6.11. The van der Waals surface area contributed by atoms with Crippen LogP contribution in [0.15, 0.2) is 0 Å². The quantitative estimate of drug-likeness (QED) is 0.770. The van der Waals surface area contributed by atoms with Gasteiger partial charge in [-0.1, -0.05) is 20.8 Å². The molecule has 1 atom stereocenters. The van der Waals surface area contributed by atoms with Crippen LogP contribution in [0.25, 0.3) is 0 Å². The van der Waals surface area contributed by atoms with Crippen molar-refractivity contribution in [3.8, 4) is 0 Å². The molecule has 0 aromatic heterocycles. The maximum absolute atomic E-state index is 11.4. The number of likely N-dealkylation sites (tertiary alicyclic amines) is 1. The molecule has 2 saturated heterocycles. The van der Waals surface area contributed by atoms with Crippen molar-refractivity contribution in [2.24, 2.45) is 11.3 Å². The second kappa shape index (κ2) is 3.70. The van der Waals surface area contributed by atoms with Crippen LogP contribution >= 0.6 is 0 Å². The highest BCUT2D eigenvalue weighted by molar-refractivity contribution is 5.79. The molecule has 1 unspecified atom stereocenters. The zero-order valence-electron chi connectivity index (χ0n) is 10.3. The third-order valence-electron chi connectivity index (χ3n) is 4.11. The summed E-state index contributed by atoms with van der Waals surface area (Å²) >= 11 is 0. The minimum atomic E-state index is -0.734. The number of rotatable bonds is 2. The Labute approximate surface area is 96.6 Å². The molecule has 92 valence electrons. The summed E-state index contributed by atoms with van der Waals surface area (Å²) in [6.45, 7) is 9.34. The van der Waals surface area contributed by atoms with Crippen LogP contribution < -0.4 is 0 Å². The Morgan fingerprint density at radius 3 is 2.44 bits per heavy atom. The third kappa shape index (κ3) is 1.74. The van der Waals surface area contributed by atoms with Crippen LogP contribution in [0.2, 0.25) is 0 Å². The molecule has 1 N–H and O–H groups in total. The van der Waals surface area contributed by atoms with Crippen molar-refractivity contribution in [2.45, 2.75) is 32.7 Å². The number of hydrogen-bond acceptors (Lipinski definition) is 3. The summed E-state index contributed by atoms with van der Waals surface area (Å²) in [4.78, 5) is 13.5. The highest BCUT2D eigenvalue weighted by Crippen LogP contribution is 2.40. The fourth-order valence-corrected chi connectivity index (χ4v) is 2.48. The molecule has 0 radical (unpaired) electrons. The van der Waals surface area contributed by atoms with Gasteiger partial charge in [0.2, 0.25) is 0 Å². The predicted octanol–water partition coefficient (Wildman–Crippen LogP) is 1.21. The minimum Gasteiger partial charge on any atom is -0.480 e. The molecule has 0 aliphatic carbocycles. The fourth-order valence-electron chi connectivity index (χ4n) is 2.48. The largest absolute Gasteiger partial charge is 0.480 e. The number of carbonyl (C=O) groups is 1. The van der Waals surface area contributed by atoms with Crippen LogP contribution in [-0.2, 0) is 9.53 Å². The van der Waals surface area contributed by atoms with E-state index in [-0.39, 0.29) is 5.41 Å². The normalized spacial score (nSPS) is 32.7. The predicted molar refractivity (Wildman–Crippen MR) is 60.3 cm³/mol. The van der Waals surface area contributed by atoms with E-state index in [4.69, 9.17) is 4.74 Å². The van der Waals surface area contributed by atoms with Crippen molar-refractivity contribution in [2.75, 3.05) is 26.3 Å². The van der Waals surface area contributed by atoms with Crippen LogP contribution in [0.1, 0.15) is 27.2 Å². The van der Waals surface area contributed by atoms with Crippen LogP contribution in [0.5, 0.6) is 0 Å². The Hall–Kier alpha value is -0.610. The Bertz CT molecular complexity index is 283. The second-order valence-electron chi connectivity index (χ2n) is 6.11. The van der Waals surface area contributed by atoms with Crippen molar-refractivity contribution in [3.05, 3.63) is 0 Å². The van der Waals surface area contributed by atoms with Crippen LogP contribution in [0.4, 0.5) is 0 Å². The molecule has 2 aliphatic rings. The van der Waals surface area contributed by atoms with Crippen molar-refractivity contribution < 1.29 is 14.6 Å². The Morgan fingerprint density at radius 1 is 1.44 bits per heavy atom. The highest BCUT2D eigenvalue weighted by atomic mass is 16.5. The zero-order chi connectivity index (χ0) is 12.0. The summed E-state index contributed by atoms with van der Waals surface area (Å²) in [6.07, 6.45) is 0.624. The lowest BCUT2D eigenvalue weighted by Crippen LogP contribution is -2.66. The van der Waals surface area contributed by atoms with Gasteiger partial charge >= 0.3 is 5.97 Å². The zero-order valence-corrected chi connectivity index (χ0v) is 10.3. The van der Waals surface area contributed by atoms with Crippen LogP contribution in [0.3, 0.4) is 0 Å². The third-order valence-corrected chi connectivity index (χ3v) is 4.11. The maximum atomic E-state index is 11.4. The lowest BCUT2D eigenvalue weighted by atomic mass is 9.73. The highest BCUT2D eigenvalue weighted by Gasteiger charge is 2.53. The van der Waals surface area contributed by atoms with Gasteiger partial charge in [0.25, 0.3) is 0 Å². The van der Waals surface area contributed by atoms with E-state index >= 15 is 0 Å². The van der Waals surface area contributed by atoms with E-state index in [1.54, 1.807) is 0 Å². The summed E-state index contributed by atoms with van der Waals surface area (Å²) in [5, 5.41) is 9.37. The fraction of sp³-hybridized carbons (Fsp3) is 0.917. The van der Waals surface area contributed by atoms with E-state index < -0.39 is 11.5 Å². The van der Waals surface area contributed by atoms with Crippen LogP contribution in [0, 0.1) is 11.3 Å². The first-order chi connectivity index (χ1) is 7.36. The summed E-state index contributed by atoms with van der Waals surface area (Å²) in [6, 6.07) is 0. The average molecular weight is 227 g/mol. The number of aliphatic carboxylic acids is 1. The minimum absolute atomic E-state index is 0.273. The maximum Gasteiger partial charge on any atom is 0.326 e. The molecule has 2 rings (SSSR count). The SMILES string of the molecule is CC(C)(C)C1CN(C2(C(=O)O)CCOC2)C1. The van der Waals surface area contributed by atoms with Gasteiger partial charge in [-0.25, -0.2) is 0 Å². The van der Waals surface area contributed by atoms with Gasteiger partial charge in [-0.05, 0) is 11.3 Å². The summed E-state index contributed by atoms with van der Waals surface area (Å²) in [5.41, 5.74) is -0.461. The number of hydrogen-bond donors (Lipinski definition) is 1. The molecule has 0 amide bonds. The molecule has 0 spiro atoms. The lowest BCUT2D eigenvalue weighted by Gasteiger charge is -2.52. The van der Waals surface area contributed by atoms with Gasteiger partial charge < -0.3 is 9.84 Å². The monoisotopic (exact) mass is 227 g/mol. The lowest BCUT2D eigenvalue weighted by molar-refractivity contribution is -0.160. The molecule has 0 saturated carbocycles. The molecule has 0 bridgehead atoms. The van der Waals surface area contributed by atoms with Gasteiger partial charge in [-0.2, -0.15) is 0 Å². The Balaban J connectivity index is 2.02. The van der Waals surface area contributed by atoms with Crippen molar-refractivity contribution in [3.63, 3.8) is 0 Å². The van der Waals surface area contributed by atoms with E-state index in [2.05, 4.69) is 25.7 Å². The van der Waals surface area contributed by atoms with E-state index in [0.717, 1.165) is 13.1 Å². The molecule has 2 aliphatic heterocycles. The molecule has 4 nitrogen and oxygen atoms in total. The van der Waals surface area contributed by atoms with Gasteiger partial charge in [0.1, 0.15) is 5.54 Å². The first kappa shape index (κ1) is 11.9. The molecule has 2 fully saturated rings. The number of ether oxygens (including phenoxy) is 1. The first-order valence-corrected chi connectivity index (χ1v) is 5.92. The smallest absolute Gasteiger partial charge is 0.326 e. The molecule has 2 heterocycles. The van der Waals surface area contributed by atoms with E-state index in [9.17, 15) is 9.90 Å². The topological polar surface area (TPSA) is 49.8 Å². The van der Waals surface area contributed by atoms with E-state index in [0.29, 0.717) is 25.6 Å². The summed E-state index contributed by atoms with van der Waals surface area (Å²) < 4.78 is 5.28. The average Bonchev–Trinajstić information content (AvgIpc) is 2.48.